The van der Waals surface area contributed by atoms with E-state index in [0.29, 0.717) is 111 Å². The lowest BCUT2D eigenvalue weighted by Crippen LogP contribution is -2.53. The number of nitrogens with one attached hydrogen (secondary N) is 1. The van der Waals surface area contributed by atoms with E-state index in [-0.39, 0.29) is 95.8 Å². The van der Waals surface area contributed by atoms with Gasteiger partial charge in [0.05, 0.1) is 50.0 Å². The molecule has 0 bridgehead atoms. The van der Waals surface area contributed by atoms with Crippen LogP contribution < -0.4 is 22.3 Å². The van der Waals surface area contributed by atoms with Gasteiger partial charge >= 0.3 is 0 Å². The molecule has 12 rings (SSSR count). The molecule has 4 saturated heterocycles. The summed E-state index contributed by atoms with van der Waals surface area (Å²) in [6.45, 7) is 9.61. The van der Waals surface area contributed by atoms with Gasteiger partial charge < -0.3 is 40.6 Å². The highest BCUT2D eigenvalue weighted by atomic mass is 35.5. The van der Waals surface area contributed by atoms with Crippen molar-refractivity contribution in [2.75, 3.05) is 71.3 Å². The van der Waals surface area contributed by atoms with Gasteiger partial charge in [-0.15, -0.1) is 0 Å². The topological polar surface area (TPSA) is 261 Å². The van der Waals surface area contributed by atoms with Gasteiger partial charge in [0.15, 0.2) is 0 Å². The van der Waals surface area contributed by atoms with Crippen LogP contribution in [0, 0.1) is 11.6 Å². The van der Waals surface area contributed by atoms with Gasteiger partial charge in [-0.25, -0.2) is 19.3 Å². The van der Waals surface area contributed by atoms with Crippen molar-refractivity contribution in [3.05, 3.63) is 201 Å². The second-order valence-electron chi connectivity index (χ2n) is 23.2. The van der Waals surface area contributed by atoms with Crippen LogP contribution in [0.3, 0.4) is 0 Å². The Morgan fingerprint density at radius 3 is 1.43 bits per heavy atom. The van der Waals surface area contributed by atoms with Crippen molar-refractivity contribution in [3.8, 4) is 0 Å². The first kappa shape index (κ1) is 70.7. The van der Waals surface area contributed by atoms with Crippen LogP contribution in [0.2, 0.25) is 10.0 Å². The Bertz CT molecular complexity index is 4010. The number of aromatic nitrogens is 2. The van der Waals surface area contributed by atoms with E-state index < -0.39 is 43.0 Å². The number of Topliss-reactive ketones (excluding diaryl/α,β-unsaturated/α-hetero) is 2. The number of amides is 4. The standard InChI is InChI=1S/C27H29ClFN5O4.C27H28ClFN4O4.C12H12NO2P.2CH4/c1-16-12-31(13-17-2-4-18(29)5-3-17)8-9-33(16)26(37)21-10-20-22(15-34(30)24(20)11-23(21)28)25(36)27(38)32-7-6-19(35)14-32;1-16-13-31(14-17-2-4-18(29)5-3-17)8-9-33(16)26(36)21-10-20-22(12-30-24(20)11-23(21)28)25(35)27(37)32-7-6-19(34)15-32;13-15-16(14,11-7-3-1-4-8-11)12-9-5-2-6-10-12;;/h2-5,10-11,15-16,19,35H,6-9,12-14,30H2,1H3;2-5,10-12,16,19,30,34H,6-9,13-15H2,1H3;1-10H,13H2;2*1H4/t2*16-,19+;;;/m11.../s1. The SMILES string of the molecule is C.C.C[C@@H]1CN(Cc2ccc(F)cc2)CCN1C(=O)c1cc2c(C(=O)C(=O)N3CC[C@H](O)C3)c[nH]c2cc1Cl.C[C@@H]1CN(Cc2ccc(F)cc2)CCN1C(=O)c1cc2c(C(=O)C(=O)N3CC[C@H](O)C3)cn(N)c2cc1Cl.NOP(=O)(c1ccccc1)c1ccccc1. The van der Waals surface area contributed by atoms with Gasteiger partial charge in [-0.05, 0) is 111 Å². The van der Waals surface area contributed by atoms with E-state index in [0.717, 1.165) is 11.1 Å². The van der Waals surface area contributed by atoms with Crippen molar-refractivity contribution in [1.29, 1.82) is 0 Å². The molecule has 492 valence electrons. The van der Waals surface area contributed by atoms with Crippen LogP contribution in [-0.2, 0) is 31.9 Å². The lowest BCUT2D eigenvalue weighted by Gasteiger charge is -2.40. The monoisotopic (exact) mass is 1330 g/mol. The molecule has 0 spiro atoms. The Morgan fingerprint density at radius 1 is 0.581 bits per heavy atom. The second kappa shape index (κ2) is 30.7. The predicted molar refractivity (Wildman–Crippen MR) is 356 cm³/mol. The van der Waals surface area contributed by atoms with Crippen LogP contribution in [-0.4, -0.2) is 174 Å². The molecule has 4 atom stereocenters. The molecular formula is C68H77Cl2F2N10O10P. The zero-order chi connectivity index (χ0) is 64.8. The number of hydrogen-bond acceptors (Lipinski definition) is 14. The van der Waals surface area contributed by atoms with Crippen LogP contribution in [0.5, 0.6) is 0 Å². The molecule has 0 aliphatic carbocycles. The fourth-order valence-electron chi connectivity index (χ4n) is 12.0. The molecule has 20 nitrogen and oxygen atoms in total. The highest BCUT2D eigenvalue weighted by molar-refractivity contribution is 7.74. The van der Waals surface area contributed by atoms with Gasteiger partial charge in [0.2, 0.25) is 0 Å². The second-order valence-corrected chi connectivity index (χ2v) is 26.3. The number of H-pyrrole nitrogens is 1. The number of halogens is 4. The first-order valence-electron chi connectivity index (χ1n) is 29.7. The smallest absolute Gasteiger partial charge is 0.295 e. The molecule has 0 radical (unpaired) electrons. The molecule has 4 aliphatic rings. The molecule has 4 fully saturated rings. The van der Waals surface area contributed by atoms with Crippen LogP contribution >= 0.6 is 30.6 Å². The van der Waals surface area contributed by atoms with E-state index in [1.807, 2.05) is 50.2 Å². The summed E-state index contributed by atoms with van der Waals surface area (Å²) in [4.78, 5) is 92.3. The lowest BCUT2D eigenvalue weighted by atomic mass is 10.0. The number of aliphatic hydroxyl groups excluding tert-OH is 2. The van der Waals surface area contributed by atoms with Gasteiger partial charge in [0.1, 0.15) is 11.6 Å². The van der Waals surface area contributed by atoms with Gasteiger partial charge in [0, 0.05) is 130 Å². The molecule has 0 saturated carbocycles. The van der Waals surface area contributed by atoms with E-state index in [1.165, 1.54) is 63.3 Å². The molecule has 93 heavy (non-hydrogen) atoms. The number of rotatable bonds is 13. The van der Waals surface area contributed by atoms with Crippen LogP contribution in [0.4, 0.5) is 8.78 Å². The Kier molecular flexibility index (Phi) is 23.4. The number of aromatic amines is 1. The van der Waals surface area contributed by atoms with Crippen molar-refractivity contribution < 1.29 is 57.0 Å². The third kappa shape index (κ3) is 15.9. The van der Waals surface area contributed by atoms with E-state index in [1.54, 1.807) is 70.5 Å². The first-order valence-corrected chi connectivity index (χ1v) is 32.1. The number of β-amino-alcohol motifs (C(OH)–C–C–N with tert-alkyl or cyclic N) is 2. The summed E-state index contributed by atoms with van der Waals surface area (Å²) in [6, 6.07) is 36.8. The summed E-state index contributed by atoms with van der Waals surface area (Å²) < 4.78 is 45.1. The number of piperazine rings is 2. The van der Waals surface area contributed by atoms with Gasteiger partial charge in [-0.2, -0.15) is 0 Å². The molecule has 4 amide bonds. The normalized spacial score (nSPS) is 18.4. The maximum absolute atomic E-state index is 13.6. The predicted octanol–water partition coefficient (Wildman–Crippen LogP) is 8.43. The fraction of sp³-hybridized carbons (Fsp3) is 0.324. The van der Waals surface area contributed by atoms with Gasteiger partial charge in [-0.3, -0.25) is 47.8 Å². The fourth-order valence-corrected chi connectivity index (χ4v) is 14.1. The quantitative estimate of drug-likeness (QED) is 0.0239. The molecule has 7 N–H and O–H groups in total. The average molecular weight is 1330 g/mol. The number of carbonyl (C=O) groups is 6. The molecular weight excluding hydrogens is 1260 g/mol. The number of nitrogens with two attached hydrogens (primary N) is 2. The van der Waals surface area contributed by atoms with E-state index in [4.69, 9.17) is 39.6 Å². The Morgan fingerprint density at radius 2 is 1.01 bits per heavy atom. The summed E-state index contributed by atoms with van der Waals surface area (Å²) in [7, 11) is -3.13. The number of fused-ring (bicyclic) bond motifs is 2. The third-order valence-electron chi connectivity index (χ3n) is 16.9. The Balaban J connectivity index is 0.000000191. The number of aliphatic hydroxyl groups is 2. The molecule has 8 aromatic rings. The van der Waals surface area contributed by atoms with Gasteiger partial charge in [0.25, 0.3) is 42.6 Å². The zero-order valence-corrected chi connectivity index (χ0v) is 52.4. The zero-order valence-electron chi connectivity index (χ0n) is 50.0. The van der Waals surface area contributed by atoms with Crippen LogP contribution in [0.1, 0.15) is 94.1 Å². The average Bonchev–Trinajstić information content (AvgIpc) is 1.73. The van der Waals surface area contributed by atoms with Crippen molar-refractivity contribution in [1.82, 2.24) is 39.1 Å². The summed E-state index contributed by atoms with van der Waals surface area (Å²) in [6.07, 6.45) is 2.40. The summed E-state index contributed by atoms with van der Waals surface area (Å²) in [5, 5.41) is 21.9. The minimum Gasteiger partial charge on any atom is -0.391 e. The number of likely N-dealkylation sites (tertiary alicyclic amines) is 2. The van der Waals surface area contributed by atoms with E-state index >= 15 is 0 Å². The molecule has 0 unspecified atom stereocenters. The maximum Gasteiger partial charge on any atom is 0.295 e. The highest BCUT2D eigenvalue weighted by Crippen LogP contribution is 2.42. The minimum atomic E-state index is -3.13. The van der Waals surface area contributed by atoms with Crippen molar-refractivity contribution in [3.63, 3.8) is 0 Å². The minimum absolute atomic E-state index is 0. The number of ketones is 2. The lowest BCUT2D eigenvalue weighted by molar-refractivity contribution is -0.126. The number of benzene rings is 6. The largest absolute Gasteiger partial charge is 0.391 e. The number of hydrogen-bond donors (Lipinski definition) is 5. The van der Waals surface area contributed by atoms with Crippen molar-refractivity contribution >= 4 is 98.2 Å². The van der Waals surface area contributed by atoms with Crippen LogP contribution in [0.25, 0.3) is 21.8 Å². The van der Waals surface area contributed by atoms with E-state index in [2.05, 4.69) is 14.8 Å². The van der Waals surface area contributed by atoms with E-state index in [9.17, 15) is 52.3 Å². The van der Waals surface area contributed by atoms with Crippen LogP contribution in [0.15, 0.2) is 146 Å². The summed E-state index contributed by atoms with van der Waals surface area (Å²) in [5.41, 5.74) is 3.71. The van der Waals surface area contributed by atoms with Crippen molar-refractivity contribution in [2.45, 2.75) is 78.9 Å². The molecule has 4 aliphatic heterocycles. The number of nitrogens with zero attached hydrogens (tertiary/aromatic N) is 7. The summed E-state index contributed by atoms with van der Waals surface area (Å²) in [5.74, 6) is 7.36. The van der Waals surface area contributed by atoms with Gasteiger partial charge in [-0.1, -0.05) is 98.7 Å². The maximum atomic E-state index is 13.6. The Hall–Kier alpha value is -8.15. The van der Waals surface area contributed by atoms with Crippen molar-refractivity contribution in [2.24, 2.45) is 5.90 Å². The number of nitrogen functional groups attached to an aromatic ring is 1. The molecule has 2 aromatic heterocycles. The first-order chi connectivity index (χ1) is 43.6. The third-order valence-corrected chi connectivity index (χ3v) is 19.7. The molecule has 6 heterocycles. The summed E-state index contributed by atoms with van der Waals surface area (Å²) >= 11 is 13.0. The number of carbonyl (C=O) groups excluding carboxylic acids is 6. The molecule has 25 heteroatoms. The Labute approximate surface area is 548 Å². The molecule has 6 aromatic carbocycles. The highest BCUT2D eigenvalue weighted by Gasteiger charge is 2.36.